The Morgan fingerprint density at radius 1 is 1.69 bits per heavy atom. The van der Waals surface area contributed by atoms with Crippen LogP contribution in [0.4, 0.5) is 0 Å². The molecule has 0 bridgehead atoms. The molecular weight excluding hydrogens is 168 g/mol. The number of nitrogens with one attached hydrogen (secondary N) is 1. The molecule has 0 saturated carbocycles. The molecule has 1 aliphatic rings. The Balaban J connectivity index is 2.45. The number of aryl methyl sites for hydroxylation is 1. The summed E-state index contributed by atoms with van der Waals surface area (Å²) in [7, 11) is 0. The summed E-state index contributed by atoms with van der Waals surface area (Å²) in [4.78, 5) is 11.6. The van der Waals surface area contributed by atoms with Gasteiger partial charge in [-0.3, -0.25) is 4.79 Å². The number of ketones is 1. The summed E-state index contributed by atoms with van der Waals surface area (Å²) in [5.41, 5.74) is 0.277. The summed E-state index contributed by atoms with van der Waals surface area (Å²) in [6.45, 7) is 4.43. The highest BCUT2D eigenvalue weighted by Crippen LogP contribution is 2.29. The SMILES string of the molecule is Cc1oncc1C1(C)NCCC1=O. The number of nitrogens with zero attached hydrogens (tertiary/aromatic N) is 1. The Morgan fingerprint density at radius 3 is 2.92 bits per heavy atom. The predicted molar refractivity (Wildman–Crippen MR) is 46.2 cm³/mol. The molecule has 1 saturated heterocycles. The van der Waals surface area contributed by atoms with Crippen LogP contribution in [-0.2, 0) is 10.3 Å². The van der Waals surface area contributed by atoms with Crippen molar-refractivity contribution in [3.8, 4) is 0 Å². The van der Waals surface area contributed by atoms with E-state index in [1.807, 2.05) is 13.8 Å². The van der Waals surface area contributed by atoms with Crippen molar-refractivity contribution in [3.05, 3.63) is 17.5 Å². The maximum absolute atomic E-state index is 11.6. The molecule has 0 spiro atoms. The maximum Gasteiger partial charge on any atom is 0.158 e. The van der Waals surface area contributed by atoms with Crippen LogP contribution in [0.25, 0.3) is 0 Å². The fourth-order valence-corrected chi connectivity index (χ4v) is 1.80. The fourth-order valence-electron chi connectivity index (χ4n) is 1.80. The molecule has 2 heterocycles. The highest BCUT2D eigenvalue weighted by molar-refractivity contribution is 5.91. The van der Waals surface area contributed by atoms with E-state index in [4.69, 9.17) is 4.52 Å². The number of Topliss-reactive ketones (excluding diaryl/α,β-unsaturated/α-hetero) is 1. The van der Waals surface area contributed by atoms with Crippen molar-refractivity contribution >= 4 is 5.78 Å². The van der Waals surface area contributed by atoms with Gasteiger partial charge in [-0.2, -0.15) is 0 Å². The van der Waals surface area contributed by atoms with E-state index >= 15 is 0 Å². The molecule has 1 unspecified atom stereocenters. The van der Waals surface area contributed by atoms with Crippen LogP contribution >= 0.6 is 0 Å². The molecule has 70 valence electrons. The summed E-state index contributed by atoms with van der Waals surface area (Å²) in [6, 6.07) is 0. The van der Waals surface area contributed by atoms with Gasteiger partial charge in [0, 0.05) is 18.5 Å². The first kappa shape index (κ1) is 8.44. The smallest absolute Gasteiger partial charge is 0.158 e. The predicted octanol–water partition coefficient (Wildman–Crippen LogP) is 0.761. The lowest BCUT2D eigenvalue weighted by Crippen LogP contribution is -2.39. The summed E-state index contributed by atoms with van der Waals surface area (Å²) >= 11 is 0. The number of aromatic nitrogens is 1. The molecule has 4 heteroatoms. The van der Waals surface area contributed by atoms with Crippen molar-refractivity contribution in [3.63, 3.8) is 0 Å². The minimum atomic E-state index is -0.579. The number of carbonyl (C=O) groups excluding carboxylic acids is 1. The molecule has 1 atom stereocenters. The normalized spacial score (nSPS) is 28.3. The molecule has 0 radical (unpaired) electrons. The average Bonchev–Trinajstić information content (AvgIpc) is 2.62. The zero-order chi connectivity index (χ0) is 9.47. The summed E-state index contributed by atoms with van der Waals surface area (Å²) in [5.74, 6) is 0.920. The summed E-state index contributed by atoms with van der Waals surface area (Å²) in [5, 5.41) is 6.86. The van der Waals surface area contributed by atoms with Gasteiger partial charge in [0.05, 0.1) is 6.20 Å². The van der Waals surface area contributed by atoms with Gasteiger partial charge in [0.2, 0.25) is 0 Å². The Labute approximate surface area is 76.3 Å². The molecule has 1 aromatic rings. The highest BCUT2D eigenvalue weighted by Gasteiger charge is 2.41. The minimum absolute atomic E-state index is 0.207. The Kier molecular flexibility index (Phi) is 1.73. The lowest BCUT2D eigenvalue weighted by atomic mass is 9.90. The topological polar surface area (TPSA) is 55.1 Å². The van der Waals surface area contributed by atoms with Gasteiger partial charge in [-0.05, 0) is 13.8 Å². The van der Waals surface area contributed by atoms with Crippen molar-refractivity contribution in [1.82, 2.24) is 10.5 Å². The minimum Gasteiger partial charge on any atom is -0.361 e. The van der Waals surface area contributed by atoms with E-state index in [1.54, 1.807) is 6.20 Å². The quantitative estimate of drug-likeness (QED) is 0.693. The maximum atomic E-state index is 11.6. The molecule has 0 aliphatic carbocycles. The number of hydrogen-bond acceptors (Lipinski definition) is 4. The van der Waals surface area contributed by atoms with E-state index in [1.165, 1.54) is 0 Å². The van der Waals surface area contributed by atoms with Crippen LogP contribution in [0.2, 0.25) is 0 Å². The van der Waals surface area contributed by atoms with Gasteiger partial charge in [-0.1, -0.05) is 5.16 Å². The number of rotatable bonds is 1. The van der Waals surface area contributed by atoms with Gasteiger partial charge in [-0.25, -0.2) is 0 Å². The molecular formula is C9H12N2O2. The zero-order valence-corrected chi connectivity index (χ0v) is 7.76. The second-order valence-electron chi connectivity index (χ2n) is 3.52. The largest absolute Gasteiger partial charge is 0.361 e. The van der Waals surface area contributed by atoms with Crippen molar-refractivity contribution in [2.24, 2.45) is 0 Å². The van der Waals surface area contributed by atoms with Crippen LogP contribution in [0.3, 0.4) is 0 Å². The molecule has 0 amide bonds. The highest BCUT2D eigenvalue weighted by atomic mass is 16.5. The molecule has 1 fully saturated rings. The van der Waals surface area contributed by atoms with Crippen LogP contribution in [0.15, 0.2) is 10.7 Å². The van der Waals surface area contributed by atoms with Gasteiger partial charge in [0.25, 0.3) is 0 Å². The van der Waals surface area contributed by atoms with Crippen molar-refractivity contribution < 1.29 is 9.32 Å². The molecule has 1 aromatic heterocycles. The van der Waals surface area contributed by atoms with Crippen LogP contribution in [0, 0.1) is 6.92 Å². The van der Waals surface area contributed by atoms with Crippen LogP contribution in [0.5, 0.6) is 0 Å². The van der Waals surface area contributed by atoms with Crippen LogP contribution < -0.4 is 5.32 Å². The Bertz CT molecular complexity index is 345. The van der Waals surface area contributed by atoms with E-state index in [-0.39, 0.29) is 5.78 Å². The van der Waals surface area contributed by atoms with Crippen molar-refractivity contribution in [1.29, 1.82) is 0 Å². The lowest BCUT2D eigenvalue weighted by molar-refractivity contribution is -0.122. The summed E-state index contributed by atoms with van der Waals surface area (Å²) in [6.07, 6.45) is 2.20. The molecule has 2 rings (SSSR count). The first-order valence-electron chi connectivity index (χ1n) is 4.34. The van der Waals surface area contributed by atoms with Crippen LogP contribution in [0.1, 0.15) is 24.7 Å². The third-order valence-corrected chi connectivity index (χ3v) is 2.68. The number of carbonyl (C=O) groups is 1. The van der Waals surface area contributed by atoms with Crippen molar-refractivity contribution in [2.45, 2.75) is 25.8 Å². The van der Waals surface area contributed by atoms with Gasteiger partial charge in [-0.15, -0.1) is 0 Å². The van der Waals surface area contributed by atoms with E-state index in [0.29, 0.717) is 12.2 Å². The average molecular weight is 180 g/mol. The second kappa shape index (κ2) is 2.67. The fraction of sp³-hybridized carbons (Fsp3) is 0.556. The van der Waals surface area contributed by atoms with Crippen LogP contribution in [-0.4, -0.2) is 17.5 Å². The standard InChI is InChI=1S/C9H12N2O2/c1-6-7(5-11-13-6)9(2)8(12)3-4-10-9/h5,10H,3-4H2,1-2H3. The third-order valence-electron chi connectivity index (χ3n) is 2.68. The van der Waals surface area contributed by atoms with Crippen molar-refractivity contribution in [2.75, 3.05) is 6.54 Å². The van der Waals surface area contributed by atoms with E-state index in [0.717, 1.165) is 12.1 Å². The molecule has 13 heavy (non-hydrogen) atoms. The zero-order valence-electron chi connectivity index (χ0n) is 7.76. The van der Waals surface area contributed by atoms with E-state index < -0.39 is 5.54 Å². The molecule has 0 aromatic carbocycles. The second-order valence-corrected chi connectivity index (χ2v) is 3.52. The first-order valence-corrected chi connectivity index (χ1v) is 4.34. The molecule has 1 N–H and O–H groups in total. The van der Waals surface area contributed by atoms with Gasteiger partial charge in [0.1, 0.15) is 11.3 Å². The Morgan fingerprint density at radius 2 is 2.46 bits per heavy atom. The number of hydrogen-bond donors (Lipinski definition) is 1. The lowest BCUT2D eigenvalue weighted by Gasteiger charge is -2.20. The molecule has 4 nitrogen and oxygen atoms in total. The molecule has 1 aliphatic heterocycles. The summed E-state index contributed by atoms with van der Waals surface area (Å²) < 4.78 is 4.95. The first-order chi connectivity index (χ1) is 6.14. The van der Waals surface area contributed by atoms with E-state index in [2.05, 4.69) is 10.5 Å². The van der Waals surface area contributed by atoms with Gasteiger partial charge in [0.15, 0.2) is 5.78 Å². The monoisotopic (exact) mass is 180 g/mol. The van der Waals surface area contributed by atoms with Gasteiger partial charge < -0.3 is 9.84 Å². The van der Waals surface area contributed by atoms with Gasteiger partial charge >= 0.3 is 0 Å². The third kappa shape index (κ3) is 1.09. The Hall–Kier alpha value is -1.16. The van der Waals surface area contributed by atoms with E-state index in [9.17, 15) is 4.79 Å².